The Morgan fingerprint density at radius 2 is 2.30 bits per heavy atom. The molecule has 1 saturated heterocycles. The molecule has 2 heterocycles. The zero-order chi connectivity index (χ0) is 14.0. The quantitative estimate of drug-likeness (QED) is 0.802. The molecule has 3 rings (SSSR count). The minimum absolute atomic E-state index is 0.0157. The van der Waals surface area contributed by atoms with Gasteiger partial charge in [-0.1, -0.05) is 13.0 Å². The van der Waals surface area contributed by atoms with E-state index in [1.807, 2.05) is 30.5 Å². The van der Waals surface area contributed by atoms with Gasteiger partial charge in [-0.2, -0.15) is 0 Å². The van der Waals surface area contributed by atoms with Crippen LogP contribution in [0.5, 0.6) is 0 Å². The largest absolute Gasteiger partial charge is 0.361 e. The van der Waals surface area contributed by atoms with Crippen LogP contribution in [0, 0.1) is 5.41 Å². The van der Waals surface area contributed by atoms with E-state index in [0.29, 0.717) is 0 Å². The standard InChI is InChI=1S/C16H21N3O/c1-16(7-3-8-17-10-16)11-19-15(20)13-4-2-5-14-12(13)6-9-18-14/h2,4-6,9,17-18H,3,7-8,10-11H2,1H3,(H,19,20). The average Bonchev–Trinajstić information content (AvgIpc) is 2.94. The minimum atomic E-state index is 0.0157. The smallest absolute Gasteiger partial charge is 0.251 e. The van der Waals surface area contributed by atoms with Gasteiger partial charge in [-0.05, 0) is 43.0 Å². The lowest BCUT2D eigenvalue weighted by atomic mass is 9.83. The molecule has 2 aromatic rings. The van der Waals surface area contributed by atoms with Crippen molar-refractivity contribution in [2.24, 2.45) is 5.41 Å². The molecule has 1 amide bonds. The molecule has 1 aliphatic heterocycles. The van der Waals surface area contributed by atoms with Crippen molar-refractivity contribution in [3.63, 3.8) is 0 Å². The van der Waals surface area contributed by atoms with E-state index >= 15 is 0 Å². The number of hydrogen-bond acceptors (Lipinski definition) is 2. The maximum absolute atomic E-state index is 12.4. The molecule has 1 aromatic heterocycles. The molecule has 1 fully saturated rings. The lowest BCUT2D eigenvalue weighted by Gasteiger charge is -2.34. The number of carbonyl (C=O) groups excluding carboxylic acids is 1. The molecule has 20 heavy (non-hydrogen) atoms. The topological polar surface area (TPSA) is 56.9 Å². The number of nitrogens with one attached hydrogen (secondary N) is 3. The maximum Gasteiger partial charge on any atom is 0.251 e. The van der Waals surface area contributed by atoms with Crippen LogP contribution in [0.15, 0.2) is 30.5 Å². The van der Waals surface area contributed by atoms with Crippen molar-refractivity contribution in [2.45, 2.75) is 19.8 Å². The molecule has 0 aliphatic carbocycles. The summed E-state index contributed by atoms with van der Waals surface area (Å²) in [6, 6.07) is 7.73. The first-order valence-corrected chi connectivity index (χ1v) is 7.23. The molecule has 3 N–H and O–H groups in total. The van der Waals surface area contributed by atoms with Crippen LogP contribution in [0.3, 0.4) is 0 Å². The molecule has 4 heteroatoms. The van der Waals surface area contributed by atoms with Gasteiger partial charge in [0, 0.05) is 35.8 Å². The number of carbonyl (C=O) groups is 1. The van der Waals surface area contributed by atoms with E-state index in [1.165, 1.54) is 6.42 Å². The SMILES string of the molecule is CC1(CNC(=O)c2cccc3[nH]ccc23)CCCNC1. The van der Waals surface area contributed by atoms with Crippen molar-refractivity contribution in [3.8, 4) is 0 Å². The van der Waals surface area contributed by atoms with E-state index < -0.39 is 0 Å². The summed E-state index contributed by atoms with van der Waals surface area (Å²) in [7, 11) is 0. The fourth-order valence-corrected chi connectivity index (χ4v) is 2.94. The summed E-state index contributed by atoms with van der Waals surface area (Å²) in [4.78, 5) is 15.5. The molecule has 1 aromatic carbocycles. The molecule has 4 nitrogen and oxygen atoms in total. The first-order valence-electron chi connectivity index (χ1n) is 7.23. The number of hydrogen-bond donors (Lipinski definition) is 3. The normalized spacial score (nSPS) is 22.9. The number of benzene rings is 1. The third-order valence-corrected chi connectivity index (χ3v) is 4.20. The van der Waals surface area contributed by atoms with Crippen LogP contribution in [0.25, 0.3) is 10.9 Å². The second kappa shape index (κ2) is 5.29. The second-order valence-corrected chi connectivity index (χ2v) is 6.02. The lowest BCUT2D eigenvalue weighted by molar-refractivity contribution is 0.0926. The van der Waals surface area contributed by atoms with Crippen LogP contribution in [0.2, 0.25) is 0 Å². The predicted octanol–water partition coefficient (Wildman–Crippen LogP) is 2.29. The van der Waals surface area contributed by atoms with E-state index in [2.05, 4.69) is 22.5 Å². The Kier molecular flexibility index (Phi) is 3.49. The molecule has 1 aliphatic rings. The van der Waals surface area contributed by atoms with E-state index in [0.717, 1.165) is 42.5 Å². The van der Waals surface area contributed by atoms with Crippen molar-refractivity contribution in [2.75, 3.05) is 19.6 Å². The van der Waals surface area contributed by atoms with Gasteiger partial charge in [0.25, 0.3) is 5.91 Å². The number of fused-ring (bicyclic) bond motifs is 1. The van der Waals surface area contributed by atoms with Crippen molar-refractivity contribution in [1.29, 1.82) is 0 Å². The monoisotopic (exact) mass is 271 g/mol. The predicted molar refractivity (Wildman–Crippen MR) is 80.8 cm³/mol. The highest BCUT2D eigenvalue weighted by Crippen LogP contribution is 2.24. The summed E-state index contributed by atoms with van der Waals surface area (Å²) in [5, 5.41) is 7.49. The van der Waals surface area contributed by atoms with Crippen molar-refractivity contribution < 1.29 is 4.79 Å². The molecule has 0 saturated carbocycles. The number of aromatic amines is 1. The van der Waals surface area contributed by atoms with Crippen molar-refractivity contribution in [1.82, 2.24) is 15.6 Å². The van der Waals surface area contributed by atoms with Crippen LogP contribution in [0.1, 0.15) is 30.1 Å². The van der Waals surface area contributed by atoms with Crippen LogP contribution in [-0.2, 0) is 0 Å². The fourth-order valence-electron chi connectivity index (χ4n) is 2.94. The number of amides is 1. The first-order chi connectivity index (χ1) is 9.68. The van der Waals surface area contributed by atoms with Gasteiger partial charge in [-0.15, -0.1) is 0 Å². The summed E-state index contributed by atoms with van der Waals surface area (Å²) in [5.74, 6) is 0.0157. The number of H-pyrrole nitrogens is 1. The van der Waals surface area contributed by atoms with E-state index in [9.17, 15) is 4.79 Å². The Hall–Kier alpha value is -1.81. The minimum Gasteiger partial charge on any atom is -0.361 e. The van der Waals surface area contributed by atoms with Crippen LogP contribution < -0.4 is 10.6 Å². The Morgan fingerprint density at radius 3 is 3.10 bits per heavy atom. The second-order valence-electron chi connectivity index (χ2n) is 6.02. The number of piperidine rings is 1. The van der Waals surface area contributed by atoms with E-state index in [-0.39, 0.29) is 11.3 Å². The highest BCUT2D eigenvalue weighted by atomic mass is 16.1. The van der Waals surface area contributed by atoms with Crippen LogP contribution in [-0.4, -0.2) is 30.5 Å². The average molecular weight is 271 g/mol. The summed E-state index contributed by atoms with van der Waals surface area (Å²) in [6.45, 7) is 5.02. The first kappa shape index (κ1) is 13.2. The lowest BCUT2D eigenvalue weighted by Crippen LogP contribution is -2.45. The fraction of sp³-hybridized carbons (Fsp3) is 0.438. The van der Waals surface area contributed by atoms with Crippen LogP contribution >= 0.6 is 0 Å². The Labute approximate surface area is 118 Å². The third kappa shape index (κ3) is 2.56. The summed E-state index contributed by atoms with van der Waals surface area (Å²) >= 11 is 0. The molecular weight excluding hydrogens is 250 g/mol. The van der Waals surface area contributed by atoms with Crippen LogP contribution in [0.4, 0.5) is 0 Å². The van der Waals surface area contributed by atoms with E-state index in [1.54, 1.807) is 0 Å². The molecular formula is C16H21N3O. The van der Waals surface area contributed by atoms with Gasteiger partial charge in [0.05, 0.1) is 0 Å². The van der Waals surface area contributed by atoms with Crippen molar-refractivity contribution >= 4 is 16.8 Å². The summed E-state index contributed by atoms with van der Waals surface area (Å²) in [6.07, 6.45) is 4.21. The third-order valence-electron chi connectivity index (χ3n) is 4.20. The number of rotatable bonds is 3. The molecule has 0 bridgehead atoms. The molecule has 0 radical (unpaired) electrons. The van der Waals surface area contributed by atoms with Gasteiger partial charge in [-0.3, -0.25) is 4.79 Å². The van der Waals surface area contributed by atoms with Gasteiger partial charge >= 0.3 is 0 Å². The zero-order valence-corrected chi connectivity index (χ0v) is 11.8. The highest BCUT2D eigenvalue weighted by Gasteiger charge is 2.27. The zero-order valence-electron chi connectivity index (χ0n) is 11.8. The Morgan fingerprint density at radius 1 is 1.40 bits per heavy atom. The van der Waals surface area contributed by atoms with Gasteiger partial charge in [0.1, 0.15) is 0 Å². The highest BCUT2D eigenvalue weighted by molar-refractivity contribution is 6.06. The Balaban J connectivity index is 1.71. The van der Waals surface area contributed by atoms with E-state index in [4.69, 9.17) is 0 Å². The number of aromatic nitrogens is 1. The summed E-state index contributed by atoms with van der Waals surface area (Å²) < 4.78 is 0. The maximum atomic E-state index is 12.4. The van der Waals surface area contributed by atoms with Crippen molar-refractivity contribution in [3.05, 3.63) is 36.0 Å². The Bertz CT molecular complexity index is 611. The van der Waals surface area contributed by atoms with Gasteiger partial charge in [-0.25, -0.2) is 0 Å². The molecule has 1 atom stereocenters. The molecule has 0 spiro atoms. The summed E-state index contributed by atoms with van der Waals surface area (Å²) in [5.41, 5.74) is 1.92. The molecule has 1 unspecified atom stereocenters. The van der Waals surface area contributed by atoms with Gasteiger partial charge in [0.2, 0.25) is 0 Å². The van der Waals surface area contributed by atoms with Gasteiger partial charge < -0.3 is 15.6 Å². The van der Waals surface area contributed by atoms with Gasteiger partial charge in [0.15, 0.2) is 0 Å². The molecule has 106 valence electrons.